The van der Waals surface area contributed by atoms with E-state index in [9.17, 15) is 9.59 Å². The lowest BCUT2D eigenvalue weighted by Gasteiger charge is -2.24. The van der Waals surface area contributed by atoms with Crippen molar-refractivity contribution in [3.63, 3.8) is 0 Å². The summed E-state index contributed by atoms with van der Waals surface area (Å²) in [7, 11) is 3.54. The van der Waals surface area contributed by atoms with Gasteiger partial charge < -0.3 is 5.32 Å². The molecule has 4 rings (SSSR count). The largest absolute Gasteiger partial charge is 0.355 e. The van der Waals surface area contributed by atoms with Gasteiger partial charge in [-0.05, 0) is 47.6 Å². The van der Waals surface area contributed by atoms with E-state index in [0.717, 1.165) is 27.5 Å². The SMILES string of the molecule is CNC(=O)c1ccc(CN(C)CC(=O)N2N=C(c3cccs3)C[C@@H]2c2cccs2)cc1. The third kappa shape index (κ3) is 4.92. The van der Waals surface area contributed by atoms with Gasteiger partial charge in [0.25, 0.3) is 11.8 Å². The molecular formula is C23H24N4O2S2. The van der Waals surface area contributed by atoms with Crippen molar-refractivity contribution in [2.75, 3.05) is 20.6 Å². The Labute approximate surface area is 189 Å². The van der Waals surface area contributed by atoms with Crippen LogP contribution in [0.4, 0.5) is 0 Å². The summed E-state index contributed by atoms with van der Waals surface area (Å²) in [4.78, 5) is 29.1. The predicted molar refractivity (Wildman–Crippen MR) is 126 cm³/mol. The topological polar surface area (TPSA) is 65.0 Å². The summed E-state index contributed by atoms with van der Waals surface area (Å²) in [5, 5.41) is 13.1. The average Bonchev–Trinajstić information content (AvgIpc) is 3.54. The number of nitrogens with one attached hydrogen (secondary N) is 1. The smallest absolute Gasteiger partial charge is 0.257 e. The fraction of sp³-hybridized carbons (Fsp3) is 0.261. The Morgan fingerprint density at radius 1 is 1.13 bits per heavy atom. The van der Waals surface area contributed by atoms with Gasteiger partial charge in [0.1, 0.15) is 0 Å². The Balaban J connectivity index is 1.44. The molecule has 31 heavy (non-hydrogen) atoms. The van der Waals surface area contributed by atoms with Crippen molar-refractivity contribution >= 4 is 40.2 Å². The molecule has 3 heterocycles. The van der Waals surface area contributed by atoms with Crippen LogP contribution in [0, 0.1) is 0 Å². The lowest BCUT2D eigenvalue weighted by Crippen LogP contribution is -2.36. The second-order valence-corrected chi connectivity index (χ2v) is 9.37. The van der Waals surface area contributed by atoms with Crippen molar-refractivity contribution in [2.24, 2.45) is 5.10 Å². The molecule has 0 unspecified atom stereocenters. The minimum absolute atomic E-state index is 0.0190. The van der Waals surface area contributed by atoms with Crippen LogP contribution in [0.15, 0.2) is 64.4 Å². The quantitative estimate of drug-likeness (QED) is 0.590. The first-order valence-corrected chi connectivity index (χ1v) is 11.8. The highest BCUT2D eigenvalue weighted by Gasteiger charge is 2.34. The van der Waals surface area contributed by atoms with Crippen LogP contribution in [0.25, 0.3) is 0 Å². The van der Waals surface area contributed by atoms with E-state index in [4.69, 9.17) is 5.10 Å². The zero-order valence-electron chi connectivity index (χ0n) is 17.4. The van der Waals surface area contributed by atoms with Gasteiger partial charge in [0.15, 0.2) is 0 Å². The standard InChI is InChI=1S/C23H24N4O2S2/c1-24-23(29)17-9-7-16(8-10-17)14-26(2)15-22(28)27-19(21-6-4-12-31-21)13-18(25-27)20-5-3-11-30-20/h3-12,19H,13-15H2,1-2H3,(H,24,29)/t19-/m1/s1. The summed E-state index contributed by atoms with van der Waals surface area (Å²) in [6.07, 6.45) is 0.734. The van der Waals surface area contributed by atoms with Crippen molar-refractivity contribution in [3.05, 3.63) is 80.2 Å². The third-order valence-corrected chi connectivity index (χ3v) is 7.04. The second-order valence-electron chi connectivity index (χ2n) is 7.45. The lowest BCUT2D eigenvalue weighted by atomic mass is 10.1. The number of amides is 2. The molecule has 1 atom stereocenters. The first kappa shape index (κ1) is 21.4. The monoisotopic (exact) mass is 452 g/mol. The average molecular weight is 453 g/mol. The van der Waals surface area contributed by atoms with E-state index < -0.39 is 0 Å². The van der Waals surface area contributed by atoms with Crippen LogP contribution in [0.3, 0.4) is 0 Å². The number of nitrogens with zero attached hydrogens (tertiary/aromatic N) is 3. The Hall–Kier alpha value is -2.81. The number of hydrogen-bond acceptors (Lipinski definition) is 6. The maximum absolute atomic E-state index is 13.2. The van der Waals surface area contributed by atoms with Crippen LogP contribution in [0.1, 0.15) is 38.1 Å². The number of benzene rings is 1. The zero-order chi connectivity index (χ0) is 21.8. The Morgan fingerprint density at radius 2 is 1.87 bits per heavy atom. The van der Waals surface area contributed by atoms with E-state index in [-0.39, 0.29) is 24.4 Å². The molecule has 1 N–H and O–H groups in total. The van der Waals surface area contributed by atoms with Crippen LogP contribution in [-0.2, 0) is 11.3 Å². The molecule has 0 aliphatic carbocycles. The number of hydrazone groups is 1. The number of likely N-dealkylation sites (N-methyl/N-ethyl adjacent to an activating group) is 1. The number of rotatable bonds is 7. The molecule has 0 bridgehead atoms. The minimum Gasteiger partial charge on any atom is -0.355 e. The maximum Gasteiger partial charge on any atom is 0.257 e. The van der Waals surface area contributed by atoms with Gasteiger partial charge >= 0.3 is 0 Å². The summed E-state index contributed by atoms with van der Waals surface area (Å²) in [5.74, 6) is -0.127. The Kier molecular flexibility index (Phi) is 6.60. The van der Waals surface area contributed by atoms with Gasteiger partial charge in [-0.3, -0.25) is 14.5 Å². The molecule has 160 valence electrons. The van der Waals surface area contributed by atoms with Crippen molar-refractivity contribution < 1.29 is 9.59 Å². The van der Waals surface area contributed by atoms with Gasteiger partial charge in [0.2, 0.25) is 0 Å². The number of carbonyl (C=O) groups is 2. The fourth-order valence-corrected chi connectivity index (χ4v) is 5.14. The van der Waals surface area contributed by atoms with E-state index in [1.54, 1.807) is 46.9 Å². The van der Waals surface area contributed by atoms with Crippen LogP contribution in [0.2, 0.25) is 0 Å². The highest BCUT2D eigenvalue weighted by atomic mass is 32.1. The molecule has 0 fully saturated rings. The number of hydrogen-bond donors (Lipinski definition) is 1. The number of thiophene rings is 2. The van der Waals surface area contributed by atoms with E-state index in [1.807, 2.05) is 47.0 Å². The summed E-state index contributed by atoms with van der Waals surface area (Å²) in [6, 6.07) is 15.5. The van der Waals surface area contributed by atoms with E-state index in [1.165, 1.54) is 0 Å². The number of carbonyl (C=O) groups excluding carboxylic acids is 2. The van der Waals surface area contributed by atoms with Crippen molar-refractivity contribution in [3.8, 4) is 0 Å². The molecule has 0 spiro atoms. The molecule has 3 aromatic rings. The fourth-order valence-electron chi connectivity index (χ4n) is 3.61. The van der Waals surface area contributed by atoms with Crippen LogP contribution in [0.5, 0.6) is 0 Å². The molecular weight excluding hydrogens is 428 g/mol. The summed E-state index contributed by atoms with van der Waals surface area (Å²) >= 11 is 3.31. The highest BCUT2D eigenvalue weighted by Crippen LogP contribution is 2.36. The van der Waals surface area contributed by atoms with Crippen molar-refractivity contribution in [1.82, 2.24) is 15.2 Å². The van der Waals surface area contributed by atoms with E-state index in [2.05, 4.69) is 17.4 Å². The first-order valence-electron chi connectivity index (χ1n) is 10.0. The summed E-state index contributed by atoms with van der Waals surface area (Å²) in [6.45, 7) is 0.874. The van der Waals surface area contributed by atoms with Crippen LogP contribution < -0.4 is 5.32 Å². The molecule has 1 aliphatic heterocycles. The molecule has 1 aliphatic rings. The van der Waals surface area contributed by atoms with Gasteiger partial charge in [0, 0.05) is 30.5 Å². The van der Waals surface area contributed by atoms with Gasteiger partial charge in [-0.25, -0.2) is 5.01 Å². The summed E-state index contributed by atoms with van der Waals surface area (Å²) < 4.78 is 0. The molecule has 0 radical (unpaired) electrons. The molecule has 6 nitrogen and oxygen atoms in total. The lowest BCUT2D eigenvalue weighted by molar-refractivity contribution is -0.134. The van der Waals surface area contributed by atoms with Gasteiger partial charge in [-0.1, -0.05) is 24.3 Å². The van der Waals surface area contributed by atoms with Gasteiger partial charge in [0.05, 0.1) is 23.2 Å². The molecule has 2 amide bonds. The maximum atomic E-state index is 13.2. The minimum atomic E-state index is -0.108. The Bertz CT molecular complexity index is 1060. The van der Waals surface area contributed by atoms with Gasteiger partial charge in [-0.2, -0.15) is 5.10 Å². The van der Waals surface area contributed by atoms with Crippen LogP contribution in [-0.4, -0.2) is 48.1 Å². The molecule has 0 saturated carbocycles. The highest BCUT2D eigenvalue weighted by molar-refractivity contribution is 7.12. The molecule has 0 saturated heterocycles. The third-order valence-electron chi connectivity index (χ3n) is 5.14. The predicted octanol–water partition coefficient (Wildman–Crippen LogP) is 3.98. The van der Waals surface area contributed by atoms with Crippen molar-refractivity contribution in [1.29, 1.82) is 0 Å². The van der Waals surface area contributed by atoms with Gasteiger partial charge in [-0.15, -0.1) is 22.7 Å². The molecule has 2 aromatic heterocycles. The molecule has 1 aromatic carbocycles. The normalized spacial score (nSPS) is 15.9. The zero-order valence-corrected chi connectivity index (χ0v) is 19.1. The van der Waals surface area contributed by atoms with E-state index in [0.29, 0.717) is 12.1 Å². The Morgan fingerprint density at radius 3 is 2.52 bits per heavy atom. The second kappa shape index (κ2) is 9.55. The molecule has 8 heteroatoms. The first-order chi connectivity index (χ1) is 15.0. The summed E-state index contributed by atoms with van der Waals surface area (Å²) in [5.41, 5.74) is 2.63. The van der Waals surface area contributed by atoms with Crippen LogP contribution >= 0.6 is 22.7 Å². The van der Waals surface area contributed by atoms with Crippen molar-refractivity contribution in [2.45, 2.75) is 19.0 Å². The van der Waals surface area contributed by atoms with E-state index >= 15 is 0 Å².